The van der Waals surface area contributed by atoms with Gasteiger partial charge in [0.05, 0.1) is 12.6 Å². The summed E-state index contributed by atoms with van der Waals surface area (Å²) >= 11 is 4.72. The minimum atomic E-state index is -1.11. The highest BCUT2D eigenvalue weighted by Crippen LogP contribution is 2.33. The molecule has 2 atom stereocenters. The number of hydrogen-bond acceptors (Lipinski definition) is 9. The average Bonchev–Trinajstić information content (AvgIpc) is 3.13. The second-order valence-corrected chi connectivity index (χ2v) is 9.71. The van der Waals surface area contributed by atoms with E-state index in [0.717, 1.165) is 37.7 Å². The molecule has 4 heterocycles. The largest absolute Gasteiger partial charge is 0.611 e. The number of anilines is 3. The minimum Gasteiger partial charge on any atom is -0.611 e. The maximum Gasteiger partial charge on any atom is 0.228 e. The third kappa shape index (κ3) is 4.41. The lowest BCUT2D eigenvalue weighted by molar-refractivity contribution is 0.248. The van der Waals surface area contributed by atoms with Crippen molar-refractivity contribution in [1.82, 2.24) is 20.2 Å². The smallest absolute Gasteiger partial charge is 0.228 e. The van der Waals surface area contributed by atoms with E-state index in [0.29, 0.717) is 34.0 Å². The quantitative estimate of drug-likeness (QED) is 0.628. The molecule has 30 heavy (non-hydrogen) atoms. The van der Waals surface area contributed by atoms with Crippen molar-refractivity contribution in [3.63, 3.8) is 0 Å². The average molecular weight is 452 g/mol. The summed E-state index contributed by atoms with van der Waals surface area (Å²) in [6.07, 6.45) is 0.679. The van der Waals surface area contributed by atoms with Crippen LogP contribution < -0.4 is 15.1 Å². The summed E-state index contributed by atoms with van der Waals surface area (Å²) in [7, 11) is 0. The Morgan fingerprint density at radius 1 is 1.17 bits per heavy atom. The first kappa shape index (κ1) is 21.4. The molecule has 2 N–H and O–H groups in total. The molecule has 0 bridgehead atoms. The van der Waals surface area contributed by atoms with E-state index < -0.39 is 11.2 Å². The fraction of sp³-hybridized carbons (Fsp3) is 0.579. The normalized spacial score (nSPS) is 19.9. The van der Waals surface area contributed by atoms with Gasteiger partial charge in [-0.25, -0.2) is 4.98 Å². The van der Waals surface area contributed by atoms with E-state index in [9.17, 15) is 9.66 Å². The molecular formula is C19H26ClN7O2S. The molecule has 11 heteroatoms. The lowest BCUT2D eigenvalue weighted by Gasteiger charge is -2.35. The molecular weight excluding hydrogens is 426 g/mol. The molecule has 0 aromatic carbocycles. The van der Waals surface area contributed by atoms with Gasteiger partial charge in [-0.15, -0.1) is 10.2 Å². The number of fused-ring (bicyclic) bond motifs is 1. The predicted molar refractivity (Wildman–Crippen MR) is 118 cm³/mol. The lowest BCUT2D eigenvalue weighted by atomic mass is 10.1. The third-order valence-corrected chi connectivity index (χ3v) is 7.16. The Kier molecular flexibility index (Phi) is 6.47. The van der Waals surface area contributed by atoms with Crippen molar-refractivity contribution in [2.24, 2.45) is 5.92 Å². The van der Waals surface area contributed by atoms with Crippen molar-refractivity contribution >= 4 is 40.4 Å². The van der Waals surface area contributed by atoms with Crippen LogP contribution in [0.2, 0.25) is 5.15 Å². The summed E-state index contributed by atoms with van der Waals surface area (Å²) in [6, 6.07) is 3.45. The van der Waals surface area contributed by atoms with Crippen molar-refractivity contribution in [1.29, 1.82) is 0 Å². The van der Waals surface area contributed by atoms with E-state index in [-0.39, 0.29) is 18.6 Å². The van der Waals surface area contributed by atoms with E-state index in [1.165, 1.54) is 0 Å². The first-order chi connectivity index (χ1) is 14.5. The van der Waals surface area contributed by atoms with Crippen LogP contribution in [0, 0.1) is 5.92 Å². The number of hydrogen-bond donors (Lipinski definition) is 2. The van der Waals surface area contributed by atoms with Gasteiger partial charge in [0, 0.05) is 32.6 Å². The van der Waals surface area contributed by atoms with Crippen LogP contribution in [0.4, 0.5) is 17.6 Å². The molecule has 0 aliphatic carbocycles. The van der Waals surface area contributed by atoms with Crippen LogP contribution in [0.25, 0.3) is 0 Å². The number of rotatable bonds is 6. The standard InChI is InChI=1S/C19H26ClN7O2S/c1-12(2)14(11-28)21-18-17-13(5-10-30(17)29)22-19(23-18)27-8-6-26(7-9-27)16-4-3-15(20)24-25-16/h3-4,12,14,28H,5-11H2,1-2H3,(H,21,22,23). The second kappa shape index (κ2) is 9.09. The van der Waals surface area contributed by atoms with Crippen molar-refractivity contribution in [2.75, 3.05) is 53.7 Å². The van der Waals surface area contributed by atoms with Crippen LogP contribution in [0.15, 0.2) is 17.0 Å². The van der Waals surface area contributed by atoms with E-state index >= 15 is 0 Å². The number of aliphatic hydroxyl groups excluding tert-OH is 1. The van der Waals surface area contributed by atoms with Gasteiger partial charge in [-0.05, 0) is 29.2 Å². The zero-order chi connectivity index (χ0) is 21.3. The Balaban J connectivity index is 1.53. The van der Waals surface area contributed by atoms with Gasteiger partial charge in [-0.3, -0.25) is 0 Å². The van der Waals surface area contributed by atoms with Crippen molar-refractivity contribution in [3.05, 3.63) is 23.0 Å². The first-order valence-electron chi connectivity index (χ1n) is 10.1. The number of piperazine rings is 1. The molecule has 2 unspecified atom stereocenters. The second-order valence-electron chi connectivity index (χ2n) is 7.81. The molecule has 0 saturated carbocycles. The first-order valence-corrected chi connectivity index (χ1v) is 11.8. The van der Waals surface area contributed by atoms with Gasteiger partial charge in [0.1, 0.15) is 11.4 Å². The molecule has 2 aliphatic heterocycles. The van der Waals surface area contributed by atoms with Crippen LogP contribution in [0.5, 0.6) is 0 Å². The zero-order valence-corrected chi connectivity index (χ0v) is 18.7. The molecule has 1 saturated heterocycles. The molecule has 0 amide bonds. The van der Waals surface area contributed by atoms with Crippen LogP contribution in [-0.4, -0.2) is 74.4 Å². The molecule has 1 fully saturated rings. The molecule has 0 spiro atoms. The lowest BCUT2D eigenvalue weighted by Crippen LogP contribution is -2.47. The molecule has 9 nitrogen and oxygen atoms in total. The van der Waals surface area contributed by atoms with Gasteiger partial charge in [-0.2, -0.15) is 4.98 Å². The highest BCUT2D eigenvalue weighted by Gasteiger charge is 2.34. The van der Waals surface area contributed by atoms with E-state index in [1.54, 1.807) is 6.07 Å². The molecule has 0 radical (unpaired) electrons. The molecule has 2 aromatic heterocycles. The Hall–Kier alpha value is -1.88. The van der Waals surface area contributed by atoms with Gasteiger partial charge < -0.3 is 24.8 Å². The topological polar surface area (TPSA) is 113 Å². The number of nitrogens with one attached hydrogen (secondary N) is 1. The van der Waals surface area contributed by atoms with Crippen LogP contribution >= 0.6 is 11.6 Å². The summed E-state index contributed by atoms with van der Waals surface area (Å²) in [5.74, 6) is 2.80. The Labute approximate surface area is 184 Å². The highest BCUT2D eigenvalue weighted by atomic mass is 35.5. The summed E-state index contributed by atoms with van der Waals surface area (Å²) in [4.78, 5) is 14.4. The fourth-order valence-electron chi connectivity index (χ4n) is 3.64. The SMILES string of the molecule is CC(C)C(CO)Nc1nc(N2CCN(c3ccc(Cl)nn3)CC2)nc2c1[S+]([O-])CC2. The van der Waals surface area contributed by atoms with Gasteiger partial charge in [0.25, 0.3) is 0 Å². The Bertz CT molecular complexity index is 878. The van der Waals surface area contributed by atoms with E-state index in [4.69, 9.17) is 21.6 Å². The van der Waals surface area contributed by atoms with Gasteiger partial charge >= 0.3 is 0 Å². The Morgan fingerprint density at radius 2 is 1.90 bits per heavy atom. The molecule has 2 aromatic rings. The van der Waals surface area contributed by atoms with Crippen LogP contribution in [-0.2, 0) is 17.6 Å². The fourth-order valence-corrected chi connectivity index (χ4v) is 5.05. The van der Waals surface area contributed by atoms with Gasteiger partial charge in [-0.1, -0.05) is 25.4 Å². The Morgan fingerprint density at radius 3 is 2.53 bits per heavy atom. The highest BCUT2D eigenvalue weighted by molar-refractivity contribution is 7.91. The molecule has 162 valence electrons. The number of nitrogens with zero attached hydrogens (tertiary/aromatic N) is 6. The maximum atomic E-state index is 12.5. The summed E-state index contributed by atoms with van der Waals surface area (Å²) in [5.41, 5.74) is 0.840. The maximum absolute atomic E-state index is 12.5. The molecule has 4 rings (SSSR count). The number of aromatic nitrogens is 4. The van der Waals surface area contributed by atoms with E-state index in [2.05, 4.69) is 25.3 Å². The third-order valence-electron chi connectivity index (χ3n) is 5.50. The number of aliphatic hydroxyl groups is 1. The molecule has 2 aliphatic rings. The van der Waals surface area contributed by atoms with E-state index in [1.807, 2.05) is 19.9 Å². The predicted octanol–water partition coefficient (Wildman–Crippen LogP) is 1.34. The minimum absolute atomic E-state index is 0.0147. The van der Waals surface area contributed by atoms with Gasteiger partial charge in [0.15, 0.2) is 16.8 Å². The van der Waals surface area contributed by atoms with Crippen molar-refractivity contribution < 1.29 is 9.66 Å². The van der Waals surface area contributed by atoms with Crippen molar-refractivity contribution in [3.8, 4) is 0 Å². The van der Waals surface area contributed by atoms with Crippen molar-refractivity contribution in [2.45, 2.75) is 31.2 Å². The summed E-state index contributed by atoms with van der Waals surface area (Å²) in [5, 5.41) is 21.5. The monoisotopic (exact) mass is 451 g/mol. The number of halogens is 1. The zero-order valence-electron chi connectivity index (χ0n) is 17.1. The summed E-state index contributed by atoms with van der Waals surface area (Å²) < 4.78 is 12.5. The van der Waals surface area contributed by atoms with Crippen LogP contribution in [0.1, 0.15) is 19.5 Å². The van der Waals surface area contributed by atoms with Gasteiger partial charge in [0.2, 0.25) is 10.8 Å². The number of aryl methyl sites for hydroxylation is 1. The van der Waals surface area contributed by atoms with Crippen LogP contribution in [0.3, 0.4) is 0 Å². The summed E-state index contributed by atoms with van der Waals surface area (Å²) in [6.45, 7) is 7.04.